The second-order valence-electron chi connectivity index (χ2n) is 12.0. The van der Waals surface area contributed by atoms with Crippen molar-refractivity contribution in [3.8, 4) is 0 Å². The van der Waals surface area contributed by atoms with Crippen LogP contribution in [0.15, 0.2) is 11.6 Å². The number of hydrogen-bond donors (Lipinski definition) is 0. The SMILES string of the molecule is CCCCCCCCCCCC(=O)O[C@H]1CC[C@H]2[C@@H]3CCC4=CC(=O)CC[C@@H]4[C@H]3CC[C@]12C. The van der Waals surface area contributed by atoms with Gasteiger partial charge in [-0.25, -0.2) is 0 Å². The van der Waals surface area contributed by atoms with Crippen LogP contribution in [0.4, 0.5) is 0 Å². The third kappa shape index (κ3) is 5.76. The van der Waals surface area contributed by atoms with Crippen LogP contribution in [0, 0.1) is 29.1 Å². The summed E-state index contributed by atoms with van der Waals surface area (Å²) in [6.07, 6.45) is 23.1. The maximum atomic E-state index is 12.7. The Morgan fingerprint density at radius 3 is 2.39 bits per heavy atom. The molecular weight excluding hydrogens is 408 g/mol. The van der Waals surface area contributed by atoms with Crippen LogP contribution in [0.5, 0.6) is 0 Å². The highest BCUT2D eigenvalue weighted by Crippen LogP contribution is 2.62. The van der Waals surface area contributed by atoms with Crippen LogP contribution in [0.2, 0.25) is 0 Å². The van der Waals surface area contributed by atoms with Crippen molar-refractivity contribution >= 4 is 11.8 Å². The molecule has 0 aromatic carbocycles. The highest BCUT2D eigenvalue weighted by Gasteiger charge is 2.57. The highest BCUT2D eigenvalue weighted by atomic mass is 16.5. The highest BCUT2D eigenvalue weighted by molar-refractivity contribution is 5.91. The van der Waals surface area contributed by atoms with E-state index in [1.807, 2.05) is 6.08 Å². The molecule has 33 heavy (non-hydrogen) atoms. The number of carbonyl (C=O) groups is 2. The Kier molecular flexibility index (Phi) is 8.74. The van der Waals surface area contributed by atoms with Crippen LogP contribution in [0.25, 0.3) is 0 Å². The minimum absolute atomic E-state index is 0.0478. The Hall–Kier alpha value is -1.12. The first-order valence-corrected chi connectivity index (χ1v) is 14.5. The molecular formula is C30H48O3. The fourth-order valence-corrected chi connectivity index (χ4v) is 8.12. The Morgan fingerprint density at radius 2 is 1.64 bits per heavy atom. The molecule has 0 aliphatic heterocycles. The van der Waals surface area contributed by atoms with Gasteiger partial charge in [0.2, 0.25) is 0 Å². The van der Waals surface area contributed by atoms with Crippen molar-refractivity contribution in [2.75, 3.05) is 0 Å². The van der Waals surface area contributed by atoms with Gasteiger partial charge in [0.15, 0.2) is 5.78 Å². The van der Waals surface area contributed by atoms with Gasteiger partial charge in [0.05, 0.1) is 0 Å². The topological polar surface area (TPSA) is 43.4 Å². The molecule has 0 saturated heterocycles. The molecule has 3 saturated carbocycles. The molecule has 0 bridgehead atoms. The standard InChI is InChI=1S/C30H48O3/c1-3-4-5-6-7-8-9-10-11-12-29(32)33-28-18-17-27-26-15-13-22-21-23(31)14-16-24(22)25(26)19-20-30(27,28)2/h21,24-28H,3-20H2,1-2H3/t24-,25+,26+,27-,28-,30-/m0/s1. The minimum Gasteiger partial charge on any atom is -0.462 e. The molecule has 0 unspecified atom stereocenters. The van der Waals surface area contributed by atoms with Crippen molar-refractivity contribution in [2.45, 2.75) is 136 Å². The van der Waals surface area contributed by atoms with E-state index in [-0.39, 0.29) is 17.5 Å². The van der Waals surface area contributed by atoms with Gasteiger partial charge in [-0.05, 0) is 81.1 Å². The van der Waals surface area contributed by atoms with E-state index in [1.165, 1.54) is 76.2 Å². The van der Waals surface area contributed by atoms with E-state index in [1.54, 1.807) is 0 Å². The quantitative estimate of drug-likeness (QED) is 0.234. The Bertz CT molecular complexity index is 709. The normalized spacial score (nSPS) is 35.4. The lowest BCUT2D eigenvalue weighted by Crippen LogP contribution is -2.48. The summed E-state index contributed by atoms with van der Waals surface area (Å²) < 4.78 is 6.16. The maximum absolute atomic E-state index is 12.7. The lowest BCUT2D eigenvalue weighted by atomic mass is 9.52. The van der Waals surface area contributed by atoms with E-state index >= 15 is 0 Å². The van der Waals surface area contributed by atoms with Crippen molar-refractivity contribution in [1.82, 2.24) is 0 Å². The van der Waals surface area contributed by atoms with E-state index in [0.717, 1.165) is 50.4 Å². The molecule has 0 N–H and O–H groups in total. The molecule has 3 heteroatoms. The van der Waals surface area contributed by atoms with Crippen LogP contribution in [-0.2, 0) is 14.3 Å². The zero-order valence-corrected chi connectivity index (χ0v) is 21.4. The molecule has 0 aromatic rings. The Morgan fingerprint density at radius 1 is 0.909 bits per heavy atom. The lowest BCUT2D eigenvalue weighted by Gasteiger charge is -2.53. The summed E-state index contributed by atoms with van der Waals surface area (Å²) in [7, 11) is 0. The van der Waals surface area contributed by atoms with Gasteiger partial charge in [-0.3, -0.25) is 9.59 Å². The van der Waals surface area contributed by atoms with Gasteiger partial charge in [0, 0.05) is 18.3 Å². The van der Waals surface area contributed by atoms with Gasteiger partial charge in [-0.2, -0.15) is 0 Å². The molecule has 186 valence electrons. The van der Waals surface area contributed by atoms with E-state index in [0.29, 0.717) is 24.0 Å². The number of unbranched alkanes of at least 4 members (excludes halogenated alkanes) is 8. The monoisotopic (exact) mass is 456 g/mol. The number of ether oxygens (including phenoxy) is 1. The van der Waals surface area contributed by atoms with Gasteiger partial charge in [0.1, 0.15) is 6.10 Å². The summed E-state index contributed by atoms with van der Waals surface area (Å²) in [5, 5.41) is 0. The summed E-state index contributed by atoms with van der Waals surface area (Å²) >= 11 is 0. The van der Waals surface area contributed by atoms with Crippen molar-refractivity contribution in [3.05, 3.63) is 11.6 Å². The molecule has 0 radical (unpaired) electrons. The van der Waals surface area contributed by atoms with E-state index in [9.17, 15) is 9.59 Å². The average molecular weight is 457 g/mol. The molecule has 0 amide bonds. The maximum Gasteiger partial charge on any atom is 0.306 e. The molecule has 6 atom stereocenters. The van der Waals surface area contributed by atoms with Crippen LogP contribution in [-0.4, -0.2) is 17.9 Å². The average Bonchev–Trinajstić information content (AvgIpc) is 3.13. The summed E-state index contributed by atoms with van der Waals surface area (Å²) in [6, 6.07) is 0. The second kappa shape index (κ2) is 11.5. The summed E-state index contributed by atoms with van der Waals surface area (Å²) in [5.41, 5.74) is 1.62. The first-order chi connectivity index (χ1) is 16.0. The van der Waals surface area contributed by atoms with Crippen LogP contribution < -0.4 is 0 Å². The first kappa shape index (κ1) is 25.0. The number of carbonyl (C=O) groups excluding carboxylic acids is 2. The van der Waals surface area contributed by atoms with Gasteiger partial charge >= 0.3 is 5.97 Å². The Balaban J connectivity index is 1.20. The van der Waals surface area contributed by atoms with E-state index in [2.05, 4.69) is 13.8 Å². The van der Waals surface area contributed by atoms with Crippen molar-refractivity contribution in [2.24, 2.45) is 29.1 Å². The number of esters is 1. The smallest absolute Gasteiger partial charge is 0.306 e. The van der Waals surface area contributed by atoms with Crippen molar-refractivity contribution in [1.29, 1.82) is 0 Å². The number of hydrogen-bond acceptors (Lipinski definition) is 3. The second-order valence-corrected chi connectivity index (χ2v) is 12.0. The van der Waals surface area contributed by atoms with Gasteiger partial charge in [-0.1, -0.05) is 70.8 Å². The predicted octanol–water partition coefficient (Wildman–Crippen LogP) is 7.96. The molecule has 4 aliphatic carbocycles. The van der Waals surface area contributed by atoms with Gasteiger partial charge in [-0.15, -0.1) is 0 Å². The van der Waals surface area contributed by atoms with Crippen LogP contribution in [0.3, 0.4) is 0 Å². The zero-order chi connectivity index (χ0) is 23.3. The summed E-state index contributed by atoms with van der Waals surface area (Å²) in [5.74, 6) is 3.26. The van der Waals surface area contributed by atoms with Gasteiger partial charge in [0.25, 0.3) is 0 Å². The van der Waals surface area contributed by atoms with E-state index < -0.39 is 0 Å². The minimum atomic E-state index is 0.0478. The molecule has 0 heterocycles. The first-order valence-electron chi connectivity index (χ1n) is 14.5. The summed E-state index contributed by atoms with van der Waals surface area (Å²) in [6.45, 7) is 4.69. The predicted molar refractivity (Wildman–Crippen MR) is 134 cm³/mol. The largest absolute Gasteiger partial charge is 0.462 e. The fraction of sp³-hybridized carbons (Fsp3) is 0.867. The third-order valence-electron chi connectivity index (χ3n) is 9.97. The molecule has 3 fully saturated rings. The third-order valence-corrected chi connectivity index (χ3v) is 9.97. The number of rotatable bonds is 11. The molecule has 0 aromatic heterocycles. The molecule has 3 nitrogen and oxygen atoms in total. The number of fused-ring (bicyclic) bond motifs is 5. The molecule has 4 rings (SSSR count). The lowest BCUT2D eigenvalue weighted by molar-refractivity contribution is -0.159. The fourth-order valence-electron chi connectivity index (χ4n) is 8.12. The zero-order valence-electron chi connectivity index (χ0n) is 21.4. The molecule has 0 spiro atoms. The van der Waals surface area contributed by atoms with Gasteiger partial charge < -0.3 is 4.74 Å². The number of allylic oxidation sites excluding steroid dienone is 1. The number of ketones is 1. The van der Waals surface area contributed by atoms with Crippen LogP contribution >= 0.6 is 0 Å². The van der Waals surface area contributed by atoms with Crippen molar-refractivity contribution in [3.63, 3.8) is 0 Å². The van der Waals surface area contributed by atoms with Crippen molar-refractivity contribution < 1.29 is 14.3 Å². The Labute approximate surface area is 202 Å². The molecule has 4 aliphatic rings. The van der Waals surface area contributed by atoms with Crippen LogP contribution in [0.1, 0.15) is 129 Å². The van der Waals surface area contributed by atoms with E-state index in [4.69, 9.17) is 4.74 Å². The summed E-state index contributed by atoms with van der Waals surface area (Å²) in [4.78, 5) is 24.6.